The molecule has 18 heavy (non-hydrogen) atoms. The van der Waals surface area contributed by atoms with Crippen molar-refractivity contribution in [3.05, 3.63) is 34.5 Å². The van der Waals surface area contributed by atoms with E-state index in [1.54, 1.807) is 6.20 Å². The van der Waals surface area contributed by atoms with E-state index < -0.39 is 0 Å². The molecular formula is C10H11N7O. The molecule has 3 heterocycles. The summed E-state index contributed by atoms with van der Waals surface area (Å²) in [6.07, 6.45) is 3.14. The second-order valence-electron chi connectivity index (χ2n) is 3.96. The van der Waals surface area contributed by atoms with E-state index in [4.69, 9.17) is 0 Å². The van der Waals surface area contributed by atoms with Gasteiger partial charge in [-0.3, -0.25) is 20.0 Å². The lowest BCUT2D eigenvalue weighted by atomic mass is 10.4. The van der Waals surface area contributed by atoms with Crippen molar-refractivity contribution in [2.75, 3.05) is 11.9 Å². The fourth-order valence-corrected chi connectivity index (χ4v) is 1.72. The van der Waals surface area contributed by atoms with Gasteiger partial charge in [0.1, 0.15) is 5.39 Å². The third kappa shape index (κ3) is 1.73. The predicted octanol–water partition coefficient (Wildman–Crippen LogP) is 0.00570. The van der Waals surface area contributed by atoms with Crippen molar-refractivity contribution in [1.29, 1.82) is 0 Å². The highest BCUT2D eigenvalue weighted by Gasteiger charge is 2.09. The van der Waals surface area contributed by atoms with Crippen LogP contribution in [-0.4, -0.2) is 37.4 Å². The summed E-state index contributed by atoms with van der Waals surface area (Å²) in [4.78, 5) is 20.6. The highest BCUT2D eigenvalue weighted by atomic mass is 16.1. The normalized spacial score (nSPS) is 10.9. The minimum Gasteiger partial charge on any atom is -0.339 e. The SMILES string of the molecule is CN(Cc1ccn[nH]1)c1nc2[nH]ncc2c(=O)[nH]1. The second kappa shape index (κ2) is 3.99. The first kappa shape index (κ1) is 10.5. The van der Waals surface area contributed by atoms with Crippen LogP contribution in [0.25, 0.3) is 11.0 Å². The molecule has 8 heteroatoms. The Morgan fingerprint density at radius 2 is 2.22 bits per heavy atom. The number of aromatic nitrogens is 6. The molecule has 0 radical (unpaired) electrons. The molecule has 3 aromatic heterocycles. The number of aromatic amines is 3. The van der Waals surface area contributed by atoms with E-state index in [1.807, 2.05) is 18.0 Å². The maximum absolute atomic E-state index is 11.8. The van der Waals surface area contributed by atoms with Gasteiger partial charge in [0, 0.05) is 13.2 Å². The molecular weight excluding hydrogens is 234 g/mol. The molecule has 0 spiro atoms. The smallest absolute Gasteiger partial charge is 0.263 e. The van der Waals surface area contributed by atoms with Crippen LogP contribution in [-0.2, 0) is 6.54 Å². The zero-order valence-corrected chi connectivity index (χ0v) is 9.64. The lowest BCUT2D eigenvalue weighted by Gasteiger charge is -2.15. The van der Waals surface area contributed by atoms with Gasteiger partial charge in [0.15, 0.2) is 5.65 Å². The van der Waals surface area contributed by atoms with Gasteiger partial charge in [-0.15, -0.1) is 0 Å². The third-order valence-electron chi connectivity index (χ3n) is 2.63. The first-order valence-electron chi connectivity index (χ1n) is 5.37. The van der Waals surface area contributed by atoms with Gasteiger partial charge >= 0.3 is 0 Å². The number of rotatable bonds is 3. The molecule has 0 aliphatic rings. The molecule has 0 bridgehead atoms. The number of nitrogens with zero attached hydrogens (tertiary/aromatic N) is 4. The average Bonchev–Trinajstić information content (AvgIpc) is 2.98. The highest BCUT2D eigenvalue weighted by Crippen LogP contribution is 2.09. The first-order valence-corrected chi connectivity index (χ1v) is 5.37. The van der Waals surface area contributed by atoms with Crippen LogP contribution >= 0.6 is 0 Å². The van der Waals surface area contributed by atoms with Crippen LogP contribution in [0.1, 0.15) is 5.69 Å². The van der Waals surface area contributed by atoms with Gasteiger partial charge in [-0.25, -0.2) is 0 Å². The van der Waals surface area contributed by atoms with Crippen molar-refractivity contribution >= 4 is 17.0 Å². The van der Waals surface area contributed by atoms with Crippen molar-refractivity contribution in [1.82, 2.24) is 30.4 Å². The number of fused-ring (bicyclic) bond motifs is 1. The largest absolute Gasteiger partial charge is 0.339 e. The lowest BCUT2D eigenvalue weighted by molar-refractivity contribution is 0.832. The Hall–Kier alpha value is -2.64. The molecule has 0 aliphatic heterocycles. The molecule has 0 atom stereocenters. The topological polar surface area (TPSA) is 106 Å². The summed E-state index contributed by atoms with van der Waals surface area (Å²) in [5, 5.41) is 13.7. The Bertz CT molecular complexity index is 711. The summed E-state index contributed by atoms with van der Waals surface area (Å²) < 4.78 is 0. The quantitative estimate of drug-likeness (QED) is 0.602. The standard InChI is InChI=1S/C10H11N7O/c1-17(5-6-2-3-11-15-6)10-13-8-7(4-12-16-8)9(18)14-10/h2-4H,5H2,1H3,(H,11,15)(H2,12,13,14,16,18). The molecule has 0 fully saturated rings. The molecule has 0 saturated heterocycles. The number of H-pyrrole nitrogens is 3. The summed E-state index contributed by atoms with van der Waals surface area (Å²) in [5.74, 6) is 0.478. The van der Waals surface area contributed by atoms with Gasteiger partial charge in [0.05, 0.1) is 18.4 Å². The van der Waals surface area contributed by atoms with E-state index >= 15 is 0 Å². The fraction of sp³-hybridized carbons (Fsp3) is 0.200. The van der Waals surface area contributed by atoms with Crippen LogP contribution in [0.5, 0.6) is 0 Å². The van der Waals surface area contributed by atoms with E-state index in [9.17, 15) is 4.79 Å². The third-order valence-corrected chi connectivity index (χ3v) is 2.63. The minimum atomic E-state index is -0.208. The monoisotopic (exact) mass is 245 g/mol. The number of hydrogen-bond donors (Lipinski definition) is 3. The zero-order chi connectivity index (χ0) is 12.5. The van der Waals surface area contributed by atoms with Crippen LogP contribution in [0.2, 0.25) is 0 Å². The Morgan fingerprint density at radius 1 is 1.33 bits per heavy atom. The Morgan fingerprint density at radius 3 is 3.00 bits per heavy atom. The summed E-state index contributed by atoms with van der Waals surface area (Å²) in [6.45, 7) is 0.572. The summed E-state index contributed by atoms with van der Waals surface area (Å²) >= 11 is 0. The maximum Gasteiger partial charge on any atom is 0.263 e. The number of anilines is 1. The zero-order valence-electron chi connectivity index (χ0n) is 9.64. The molecule has 3 aromatic rings. The summed E-state index contributed by atoms with van der Waals surface area (Å²) in [7, 11) is 1.83. The van der Waals surface area contributed by atoms with Crippen molar-refractivity contribution in [2.45, 2.75) is 6.54 Å². The molecule has 0 aromatic carbocycles. The molecule has 92 valence electrons. The lowest BCUT2D eigenvalue weighted by Crippen LogP contribution is -2.22. The van der Waals surface area contributed by atoms with E-state index in [-0.39, 0.29) is 5.56 Å². The van der Waals surface area contributed by atoms with Crippen molar-refractivity contribution in [2.24, 2.45) is 0 Å². The molecule has 0 amide bonds. The van der Waals surface area contributed by atoms with Crippen molar-refractivity contribution in [3.63, 3.8) is 0 Å². The number of nitrogens with one attached hydrogen (secondary N) is 3. The van der Waals surface area contributed by atoms with Gasteiger partial charge in [-0.05, 0) is 6.07 Å². The Kier molecular flexibility index (Phi) is 2.33. The summed E-state index contributed by atoms with van der Waals surface area (Å²) in [5.41, 5.74) is 1.20. The fourth-order valence-electron chi connectivity index (χ4n) is 1.72. The van der Waals surface area contributed by atoms with Crippen molar-refractivity contribution < 1.29 is 0 Å². The Balaban J connectivity index is 1.96. The van der Waals surface area contributed by atoms with Gasteiger partial charge in [0.2, 0.25) is 5.95 Å². The highest BCUT2D eigenvalue weighted by molar-refractivity contribution is 5.73. The van der Waals surface area contributed by atoms with E-state index in [0.29, 0.717) is 23.5 Å². The second-order valence-corrected chi connectivity index (χ2v) is 3.96. The van der Waals surface area contributed by atoms with Crippen LogP contribution in [0.3, 0.4) is 0 Å². The number of hydrogen-bond acceptors (Lipinski definition) is 5. The van der Waals surface area contributed by atoms with E-state index in [1.165, 1.54) is 6.20 Å². The van der Waals surface area contributed by atoms with Gasteiger partial charge in [-0.2, -0.15) is 15.2 Å². The van der Waals surface area contributed by atoms with Gasteiger partial charge in [-0.1, -0.05) is 0 Å². The van der Waals surface area contributed by atoms with Crippen LogP contribution in [0.15, 0.2) is 23.3 Å². The predicted molar refractivity (Wildman–Crippen MR) is 65.2 cm³/mol. The molecule has 3 N–H and O–H groups in total. The first-order chi connectivity index (χ1) is 8.74. The van der Waals surface area contributed by atoms with E-state index in [2.05, 4.69) is 30.4 Å². The van der Waals surface area contributed by atoms with Crippen molar-refractivity contribution in [3.8, 4) is 0 Å². The molecule has 0 unspecified atom stereocenters. The molecule has 8 nitrogen and oxygen atoms in total. The van der Waals surface area contributed by atoms with Gasteiger partial charge in [0.25, 0.3) is 5.56 Å². The molecule has 0 aliphatic carbocycles. The molecule has 0 saturated carbocycles. The average molecular weight is 245 g/mol. The summed E-state index contributed by atoms with van der Waals surface area (Å²) in [6, 6.07) is 1.86. The minimum absolute atomic E-state index is 0.208. The van der Waals surface area contributed by atoms with E-state index in [0.717, 1.165) is 5.69 Å². The van der Waals surface area contributed by atoms with Crippen LogP contribution in [0.4, 0.5) is 5.95 Å². The van der Waals surface area contributed by atoms with Gasteiger partial charge < -0.3 is 4.90 Å². The maximum atomic E-state index is 11.8. The van der Waals surface area contributed by atoms with Crippen LogP contribution in [0, 0.1) is 0 Å². The molecule has 3 rings (SSSR count). The Labute approximate surface area is 101 Å². The van der Waals surface area contributed by atoms with Crippen LogP contribution < -0.4 is 10.5 Å².